The molecule has 0 aliphatic carbocycles. The average Bonchev–Trinajstić information content (AvgIpc) is 4.11. The van der Waals surface area contributed by atoms with Crippen LogP contribution in [0.5, 0.6) is 0 Å². The molecular formula is C48H72N8O5S3. The molecule has 0 fully saturated rings. The Labute approximate surface area is 393 Å². The molecule has 0 bridgehead atoms. The molecule has 16 heteroatoms. The minimum atomic E-state index is 0.750. The smallest absolute Gasteiger partial charge is 0.191 e. The molecule has 0 saturated carbocycles. The topological polar surface area (TPSA) is 169 Å². The van der Waals surface area contributed by atoms with Gasteiger partial charge in [0.2, 0.25) is 0 Å². The monoisotopic (exact) mass is 936 g/mol. The van der Waals surface area contributed by atoms with Crippen LogP contribution in [0.3, 0.4) is 0 Å². The largest absolute Gasteiger partial charge is 0.446 e. The number of nitrogens with zero attached hydrogens (tertiary/aromatic N) is 8. The second kappa shape index (κ2) is 27.3. The van der Waals surface area contributed by atoms with Crippen molar-refractivity contribution in [2.24, 2.45) is 0 Å². The van der Waals surface area contributed by atoms with Crippen LogP contribution in [0.15, 0.2) is 22.4 Å². The number of hydrogen-bond acceptors (Lipinski definition) is 16. The Morgan fingerprint density at radius 1 is 0.297 bits per heavy atom. The zero-order chi connectivity index (χ0) is 49.2. The molecule has 0 saturated heterocycles. The van der Waals surface area contributed by atoms with E-state index in [2.05, 4.69) is 67.5 Å². The van der Waals surface area contributed by atoms with Gasteiger partial charge in [0, 0.05) is 45.2 Å². The van der Waals surface area contributed by atoms with Gasteiger partial charge in [-0.3, -0.25) is 0 Å². The van der Waals surface area contributed by atoms with E-state index in [1.54, 1.807) is 34.2 Å². The summed E-state index contributed by atoms with van der Waals surface area (Å²) in [4.78, 5) is 20.6. The lowest BCUT2D eigenvalue weighted by molar-refractivity contribution is 0.392. The Morgan fingerprint density at radius 2 is 0.609 bits per heavy atom. The lowest BCUT2D eigenvalue weighted by atomic mass is 10.2. The summed E-state index contributed by atoms with van der Waals surface area (Å²) in [6, 6.07) is 0. The van der Waals surface area contributed by atoms with Crippen LogP contribution < -0.4 is 0 Å². The van der Waals surface area contributed by atoms with Gasteiger partial charge in [-0.1, -0.05) is 15.5 Å². The molecule has 0 amide bonds. The van der Waals surface area contributed by atoms with Crippen molar-refractivity contribution < 1.29 is 22.4 Å². The van der Waals surface area contributed by atoms with Crippen LogP contribution in [0.25, 0.3) is 0 Å². The van der Waals surface area contributed by atoms with Crippen molar-refractivity contribution in [3.63, 3.8) is 0 Å². The fourth-order valence-electron chi connectivity index (χ4n) is 4.65. The number of hydrogen-bond donors (Lipinski definition) is 0. The van der Waals surface area contributed by atoms with Crippen molar-refractivity contribution in [2.75, 3.05) is 0 Å². The molecule has 352 valence electrons. The number of oxazole rings is 2. The molecule has 0 unspecified atom stereocenters. The highest BCUT2D eigenvalue weighted by Crippen LogP contribution is 2.16. The van der Waals surface area contributed by atoms with E-state index in [0.717, 1.165) is 85.7 Å². The van der Waals surface area contributed by atoms with E-state index in [-0.39, 0.29) is 0 Å². The molecule has 0 radical (unpaired) electrons. The van der Waals surface area contributed by atoms with E-state index in [1.165, 1.54) is 47.3 Å². The maximum absolute atomic E-state index is 5.10. The molecular weight excluding hydrogens is 865 g/mol. The summed E-state index contributed by atoms with van der Waals surface area (Å²) in [7, 11) is 0. The first kappa shape index (κ1) is 57.0. The molecule has 8 rings (SSSR count). The Morgan fingerprint density at radius 3 is 0.672 bits per heavy atom. The maximum atomic E-state index is 5.10. The number of aryl methyl sites for hydroxylation is 20. The Bertz CT molecular complexity index is 2080. The fraction of sp³-hybridized carbons (Fsp3) is 0.500. The second-order valence-corrected chi connectivity index (χ2v) is 19.1. The van der Waals surface area contributed by atoms with Crippen molar-refractivity contribution >= 4 is 34.2 Å². The van der Waals surface area contributed by atoms with Crippen LogP contribution in [0.1, 0.15) is 133 Å². The van der Waals surface area contributed by atoms with Gasteiger partial charge in [-0.2, -0.15) is 4.37 Å². The quantitative estimate of drug-likeness (QED) is 0.141. The minimum absolute atomic E-state index is 0.750. The van der Waals surface area contributed by atoms with Crippen LogP contribution in [-0.4, -0.2) is 39.8 Å². The van der Waals surface area contributed by atoms with E-state index < -0.39 is 0 Å². The first-order valence-corrected chi connectivity index (χ1v) is 23.3. The minimum Gasteiger partial charge on any atom is -0.446 e. The lowest BCUT2D eigenvalue weighted by Crippen LogP contribution is -1.73. The molecule has 64 heavy (non-hydrogen) atoms. The van der Waals surface area contributed by atoms with E-state index in [0.29, 0.717) is 0 Å². The van der Waals surface area contributed by atoms with Crippen LogP contribution in [-0.2, 0) is 0 Å². The molecule has 0 spiro atoms. The van der Waals surface area contributed by atoms with Crippen molar-refractivity contribution in [1.29, 1.82) is 0 Å². The zero-order valence-electron chi connectivity index (χ0n) is 42.8. The van der Waals surface area contributed by atoms with Crippen LogP contribution in [0, 0.1) is 166 Å². The average molecular weight is 937 g/mol. The predicted molar refractivity (Wildman–Crippen MR) is 263 cm³/mol. The number of rotatable bonds is 0. The fourth-order valence-corrected chi connectivity index (χ4v) is 6.98. The van der Waals surface area contributed by atoms with Crippen LogP contribution >= 0.6 is 34.2 Å². The van der Waals surface area contributed by atoms with E-state index in [9.17, 15) is 0 Å². The van der Waals surface area contributed by atoms with Crippen molar-refractivity contribution in [3.8, 4) is 0 Å². The second-order valence-electron chi connectivity index (χ2n) is 15.3. The zero-order valence-corrected chi connectivity index (χ0v) is 45.3. The Kier molecular flexibility index (Phi) is 24.3. The summed E-state index contributed by atoms with van der Waals surface area (Å²) >= 11 is 5.10. The maximum Gasteiger partial charge on any atom is 0.191 e. The molecule has 0 aliphatic heterocycles. The highest BCUT2D eigenvalue weighted by Gasteiger charge is 2.03. The molecule has 0 atom stereocenters. The molecule has 8 aromatic heterocycles. The molecule has 0 N–H and O–H groups in total. The normalized spacial score (nSPS) is 9.88. The number of thiazole rings is 2. The van der Waals surface area contributed by atoms with Gasteiger partial charge in [0.1, 0.15) is 28.8 Å². The summed E-state index contributed by atoms with van der Waals surface area (Å²) in [5.41, 5.74) is 13.3. The van der Waals surface area contributed by atoms with Crippen molar-refractivity contribution in [1.82, 2.24) is 39.8 Å². The SMILES string of the molecule is Cc1nc(C)c(C)o1.Cc1nc(C)c(C)o1.Cc1nc(C)c(C)s1.Cc1nc(C)c(C)s1.Cc1noc(C)c1C.Cc1noc(C)c1C.Cc1noc(C)c1C.Cc1nsc(C)c1C. The summed E-state index contributed by atoms with van der Waals surface area (Å²) in [6.07, 6.45) is 0. The molecule has 0 aromatic carbocycles. The third-order valence-electron chi connectivity index (χ3n) is 10.1. The summed E-state index contributed by atoms with van der Waals surface area (Å²) in [5.74, 6) is 6.09. The summed E-state index contributed by atoms with van der Waals surface area (Å²) in [6.45, 7) is 47.5. The van der Waals surface area contributed by atoms with Gasteiger partial charge in [-0.25, -0.2) is 19.9 Å². The van der Waals surface area contributed by atoms with Gasteiger partial charge in [0.15, 0.2) is 11.8 Å². The highest BCUT2D eigenvalue weighted by atomic mass is 32.1. The van der Waals surface area contributed by atoms with Crippen LogP contribution in [0.4, 0.5) is 0 Å². The first-order valence-electron chi connectivity index (χ1n) is 20.9. The Balaban J connectivity index is 0.000000366. The van der Waals surface area contributed by atoms with E-state index >= 15 is 0 Å². The summed E-state index contributed by atoms with van der Waals surface area (Å²) in [5, 5.41) is 13.6. The van der Waals surface area contributed by atoms with Gasteiger partial charge in [-0.15, -0.1) is 22.7 Å². The third kappa shape index (κ3) is 19.8. The molecule has 8 aromatic rings. The molecule has 8 heterocycles. The number of aromatic nitrogens is 8. The van der Waals surface area contributed by atoms with Gasteiger partial charge >= 0.3 is 0 Å². The molecule has 13 nitrogen and oxygen atoms in total. The summed E-state index contributed by atoms with van der Waals surface area (Å²) < 4.78 is 28.9. The standard InChI is InChI=1S/5C6H9NO.3C6H9NS/c2*1-4-5(2)8-6(3)7-4;3*1-4-5(2)7-8-6(4)3;2*1-4-5(2)8-6(3)7-4;1-4-5(2)7-8-6(4)3/h8*1-3H3. The predicted octanol–water partition coefficient (Wildman–Crippen LogP) is 14.2. The van der Waals surface area contributed by atoms with Crippen molar-refractivity contribution in [2.45, 2.75) is 166 Å². The van der Waals surface area contributed by atoms with Crippen LogP contribution in [0.2, 0.25) is 0 Å². The van der Waals surface area contributed by atoms with Gasteiger partial charge < -0.3 is 22.4 Å². The Hall–Kier alpha value is -5.06. The highest BCUT2D eigenvalue weighted by molar-refractivity contribution is 7.11. The van der Waals surface area contributed by atoms with Crippen molar-refractivity contribution in [3.05, 3.63) is 133 Å². The van der Waals surface area contributed by atoms with E-state index in [1.807, 2.05) is 138 Å². The van der Waals surface area contributed by atoms with Gasteiger partial charge in [-0.05, 0) is 169 Å². The molecule has 0 aliphatic rings. The first-order chi connectivity index (χ1) is 29.7. The lowest BCUT2D eigenvalue weighted by Gasteiger charge is -1.83. The van der Waals surface area contributed by atoms with E-state index in [4.69, 9.17) is 22.4 Å². The van der Waals surface area contributed by atoms with Gasteiger partial charge in [0.05, 0.1) is 55.6 Å². The third-order valence-corrected chi connectivity index (χ3v) is 13.0. The van der Waals surface area contributed by atoms with Gasteiger partial charge in [0.25, 0.3) is 0 Å².